The second kappa shape index (κ2) is 12.5. The van der Waals surface area contributed by atoms with Crippen molar-refractivity contribution in [3.63, 3.8) is 0 Å². The minimum atomic E-state index is -0.731. The molecule has 0 aliphatic carbocycles. The molecular formula is C25H31ClN8O4S. The molecule has 2 amide bonds. The monoisotopic (exact) mass is 574 g/mol. The zero-order valence-corrected chi connectivity index (χ0v) is 23.0. The number of carbonyl (C=O) groups is 3. The van der Waals surface area contributed by atoms with Gasteiger partial charge in [0.15, 0.2) is 11.7 Å². The number of nitrogens with one attached hydrogen (secondary N) is 1. The van der Waals surface area contributed by atoms with Crippen molar-refractivity contribution in [2.24, 2.45) is 22.4 Å². The number of aliphatic hydroxyl groups excluding tert-OH is 1. The van der Waals surface area contributed by atoms with Crippen LogP contribution in [0, 0.1) is 5.92 Å². The van der Waals surface area contributed by atoms with Crippen molar-refractivity contribution < 1.29 is 19.5 Å². The Kier molecular flexibility index (Phi) is 9.15. The van der Waals surface area contributed by atoms with Gasteiger partial charge in [-0.15, -0.1) is 11.3 Å². The average molecular weight is 575 g/mol. The second-order valence-electron chi connectivity index (χ2n) is 9.41. The van der Waals surface area contributed by atoms with Crippen LogP contribution in [0.25, 0.3) is 5.65 Å². The van der Waals surface area contributed by atoms with Gasteiger partial charge in [-0.25, -0.2) is 9.97 Å². The number of Topliss-reactive ketones (excluding diaryl/α,β-unsaturated/α-hetero) is 1. The van der Waals surface area contributed by atoms with Crippen LogP contribution in [0.3, 0.4) is 0 Å². The number of hydrogen-bond acceptors (Lipinski definition) is 8. The lowest BCUT2D eigenvalue weighted by Crippen LogP contribution is -2.32. The maximum atomic E-state index is 13.4. The fraction of sp³-hybridized carbons (Fsp3) is 0.440. The van der Waals surface area contributed by atoms with Crippen molar-refractivity contribution in [1.82, 2.24) is 24.6 Å². The van der Waals surface area contributed by atoms with E-state index < -0.39 is 18.1 Å². The summed E-state index contributed by atoms with van der Waals surface area (Å²) in [5.41, 5.74) is 11.7. The maximum absolute atomic E-state index is 13.4. The molecule has 0 bridgehead atoms. The fourth-order valence-electron chi connectivity index (χ4n) is 4.62. The number of β-amino-alcohol motifs (C(OH)–C–C–N with tert-alkyl or cyclic N) is 1. The van der Waals surface area contributed by atoms with Gasteiger partial charge in [0.2, 0.25) is 5.91 Å². The predicted molar refractivity (Wildman–Crippen MR) is 148 cm³/mol. The number of nitrogens with zero attached hydrogens (tertiary/aromatic N) is 5. The number of halogens is 1. The number of aromatic nitrogens is 3. The van der Waals surface area contributed by atoms with E-state index in [1.807, 2.05) is 0 Å². The van der Waals surface area contributed by atoms with Gasteiger partial charge >= 0.3 is 0 Å². The quantitative estimate of drug-likeness (QED) is 0.116. The van der Waals surface area contributed by atoms with E-state index in [0.717, 1.165) is 0 Å². The Labute approximate surface area is 234 Å². The van der Waals surface area contributed by atoms with Crippen LogP contribution in [0.4, 0.5) is 0 Å². The van der Waals surface area contributed by atoms with Gasteiger partial charge in [-0.05, 0) is 25.0 Å². The van der Waals surface area contributed by atoms with Crippen molar-refractivity contribution in [2.75, 3.05) is 20.1 Å². The third kappa shape index (κ3) is 6.91. The van der Waals surface area contributed by atoms with Crippen LogP contribution >= 0.6 is 22.9 Å². The molecule has 39 heavy (non-hydrogen) atoms. The summed E-state index contributed by atoms with van der Waals surface area (Å²) in [6.07, 6.45) is 4.69. The molecule has 0 aromatic carbocycles. The third-order valence-electron chi connectivity index (χ3n) is 6.57. The van der Waals surface area contributed by atoms with E-state index in [0.29, 0.717) is 47.9 Å². The van der Waals surface area contributed by atoms with Crippen molar-refractivity contribution in [1.29, 1.82) is 0 Å². The van der Waals surface area contributed by atoms with Gasteiger partial charge in [-0.1, -0.05) is 18.0 Å². The first-order valence-electron chi connectivity index (χ1n) is 12.5. The highest BCUT2D eigenvalue weighted by molar-refractivity contribution is 7.09. The van der Waals surface area contributed by atoms with Crippen molar-refractivity contribution >= 4 is 52.1 Å². The summed E-state index contributed by atoms with van der Waals surface area (Å²) in [6.45, 7) is 0.580. The van der Waals surface area contributed by atoms with E-state index in [1.54, 1.807) is 34.3 Å². The van der Waals surface area contributed by atoms with Gasteiger partial charge in [0, 0.05) is 56.7 Å². The molecule has 208 valence electrons. The molecular weight excluding hydrogens is 544 g/mol. The lowest BCUT2D eigenvalue weighted by Gasteiger charge is -2.21. The van der Waals surface area contributed by atoms with Crippen LogP contribution in [0.1, 0.15) is 64.1 Å². The van der Waals surface area contributed by atoms with Gasteiger partial charge in [0.25, 0.3) is 5.91 Å². The number of hydrogen-bond donors (Lipinski definition) is 4. The first-order chi connectivity index (χ1) is 18.7. The molecule has 0 unspecified atom stereocenters. The topological polar surface area (TPSA) is 181 Å². The van der Waals surface area contributed by atoms with E-state index in [1.165, 1.54) is 23.3 Å². The van der Waals surface area contributed by atoms with Crippen LogP contribution in [-0.2, 0) is 4.79 Å². The molecule has 0 radical (unpaired) electrons. The Hall–Kier alpha value is -3.55. The van der Waals surface area contributed by atoms with E-state index >= 15 is 0 Å². The molecule has 1 saturated heterocycles. The first kappa shape index (κ1) is 28.5. The van der Waals surface area contributed by atoms with Gasteiger partial charge < -0.3 is 31.2 Å². The Bertz CT molecular complexity index is 1390. The molecule has 4 heterocycles. The van der Waals surface area contributed by atoms with Crippen LogP contribution in [-0.4, -0.2) is 74.2 Å². The number of unbranched alkanes of at least 4 members (excludes halogenated alkanes) is 1. The smallest absolute Gasteiger partial charge is 0.274 e. The summed E-state index contributed by atoms with van der Waals surface area (Å²) in [5, 5.41) is 15.7. The Morgan fingerprint density at radius 1 is 1.23 bits per heavy atom. The number of thiazole rings is 1. The van der Waals surface area contributed by atoms with Crippen LogP contribution in [0.2, 0.25) is 5.02 Å². The third-order valence-corrected chi connectivity index (χ3v) is 7.74. The van der Waals surface area contributed by atoms with Crippen molar-refractivity contribution in [2.45, 2.75) is 44.2 Å². The number of guanidine groups is 1. The lowest BCUT2D eigenvalue weighted by molar-refractivity contribution is -0.124. The maximum Gasteiger partial charge on any atom is 0.274 e. The number of ketones is 1. The molecule has 1 aliphatic rings. The summed E-state index contributed by atoms with van der Waals surface area (Å²) in [5.74, 6) is -1.32. The summed E-state index contributed by atoms with van der Waals surface area (Å²) in [7, 11) is 1.54. The number of aliphatic hydroxyl groups is 1. The van der Waals surface area contributed by atoms with Crippen LogP contribution in [0.15, 0.2) is 34.9 Å². The largest absolute Gasteiger partial charge is 0.391 e. The van der Waals surface area contributed by atoms with E-state index in [-0.39, 0.29) is 47.9 Å². The number of fused-ring (bicyclic) bond motifs is 1. The summed E-state index contributed by atoms with van der Waals surface area (Å²) in [6, 6.07) is 2.90. The molecule has 4 rings (SSSR count). The first-order valence-corrected chi connectivity index (χ1v) is 13.8. The number of amides is 2. The molecule has 6 N–H and O–H groups in total. The highest BCUT2D eigenvalue weighted by atomic mass is 35.5. The number of likely N-dealkylation sites (tertiary alicyclic amines) is 1. The molecule has 3 atom stereocenters. The number of pyridine rings is 1. The van der Waals surface area contributed by atoms with Gasteiger partial charge in [-0.3, -0.25) is 19.4 Å². The standard InChI is InChI=1S/C25H31ClN8O4S/c1-29-22(37)14(4-2-3-7-30-25(27)28)8-20(36)18-13-39-23(32-18)19-9-16(35)11-34(19)24(38)17-12-33-10-15(26)5-6-21(33)31-17/h5-6,10,12-14,16,19,35H,2-4,7-9,11H2,1H3,(H,29,37)(H4,27,28,30)/t14-,16+,19-/m1/s1. The van der Waals surface area contributed by atoms with Crippen molar-refractivity contribution in [3.05, 3.63) is 51.3 Å². The minimum absolute atomic E-state index is 0.00485. The number of imidazole rings is 1. The Morgan fingerprint density at radius 2 is 2.03 bits per heavy atom. The zero-order valence-electron chi connectivity index (χ0n) is 21.4. The predicted octanol–water partition coefficient (Wildman–Crippen LogP) is 1.77. The molecule has 1 fully saturated rings. The SMILES string of the molecule is CNC(=O)[C@H](CCCCN=C(N)N)CC(=O)c1csc([C@H]2C[C@H](O)CN2C(=O)c2cn3cc(Cl)ccc3n2)n1. The van der Waals surface area contributed by atoms with Gasteiger partial charge in [0.05, 0.1) is 17.2 Å². The van der Waals surface area contributed by atoms with Gasteiger partial charge in [-0.2, -0.15) is 0 Å². The van der Waals surface area contributed by atoms with Gasteiger partial charge in [0.1, 0.15) is 22.0 Å². The van der Waals surface area contributed by atoms with Crippen molar-refractivity contribution in [3.8, 4) is 0 Å². The van der Waals surface area contributed by atoms with E-state index in [2.05, 4.69) is 20.3 Å². The normalized spacial score (nSPS) is 17.8. The van der Waals surface area contributed by atoms with E-state index in [9.17, 15) is 19.5 Å². The highest BCUT2D eigenvalue weighted by Crippen LogP contribution is 2.35. The highest BCUT2D eigenvalue weighted by Gasteiger charge is 2.38. The summed E-state index contributed by atoms with van der Waals surface area (Å²) in [4.78, 5) is 53.2. The number of rotatable bonds is 11. The fourth-order valence-corrected chi connectivity index (χ4v) is 5.74. The number of carbonyl (C=O) groups excluding carboxylic acids is 3. The summed E-state index contributed by atoms with van der Waals surface area (Å²) >= 11 is 7.29. The summed E-state index contributed by atoms with van der Waals surface area (Å²) < 4.78 is 1.67. The molecule has 14 heteroatoms. The molecule has 0 spiro atoms. The number of nitrogens with two attached hydrogens (primary N) is 2. The molecule has 3 aromatic rings. The minimum Gasteiger partial charge on any atom is -0.391 e. The number of aliphatic imine (C=N–C) groups is 1. The molecule has 0 saturated carbocycles. The van der Waals surface area contributed by atoms with Crippen LogP contribution < -0.4 is 16.8 Å². The Morgan fingerprint density at radius 3 is 2.77 bits per heavy atom. The molecule has 3 aromatic heterocycles. The lowest BCUT2D eigenvalue weighted by atomic mass is 9.94. The van der Waals surface area contributed by atoms with E-state index in [4.69, 9.17) is 23.1 Å². The molecule has 1 aliphatic heterocycles. The average Bonchev–Trinajstić information content (AvgIpc) is 3.64. The Balaban J connectivity index is 1.44. The zero-order chi connectivity index (χ0) is 28.1. The second-order valence-corrected chi connectivity index (χ2v) is 10.7. The van der Waals surface area contributed by atoms with Crippen LogP contribution in [0.5, 0.6) is 0 Å². The molecule has 12 nitrogen and oxygen atoms in total.